The van der Waals surface area contributed by atoms with Crippen LogP contribution in [-0.2, 0) is 4.74 Å². The molecule has 2 aromatic rings. The van der Waals surface area contributed by atoms with Crippen molar-refractivity contribution in [1.29, 1.82) is 0 Å². The van der Waals surface area contributed by atoms with Crippen LogP contribution in [0.1, 0.15) is 41.2 Å². The number of amides is 1. The Kier molecular flexibility index (Phi) is 5.22. The van der Waals surface area contributed by atoms with Crippen molar-refractivity contribution >= 4 is 5.91 Å². The molecule has 0 radical (unpaired) electrons. The maximum Gasteiger partial charge on any atom is 0.288 e. The molecule has 0 aliphatic carbocycles. The van der Waals surface area contributed by atoms with E-state index in [4.69, 9.17) is 10.5 Å². The highest BCUT2D eigenvalue weighted by molar-refractivity contribution is 5.88. The second-order valence-corrected chi connectivity index (χ2v) is 6.10. The summed E-state index contributed by atoms with van der Waals surface area (Å²) in [5, 5.41) is 4.20. The first-order valence-electron chi connectivity index (χ1n) is 8.18. The second kappa shape index (κ2) is 7.55. The predicted molar refractivity (Wildman–Crippen MR) is 89.4 cm³/mol. The number of methoxy groups -OCH3 is 1. The van der Waals surface area contributed by atoms with Crippen molar-refractivity contribution in [3.63, 3.8) is 0 Å². The van der Waals surface area contributed by atoms with Crippen molar-refractivity contribution in [2.75, 3.05) is 26.7 Å². The molecule has 2 heterocycles. The molecule has 128 valence electrons. The molecule has 1 amide bonds. The number of aromatic nitrogens is 3. The monoisotopic (exact) mass is 329 g/mol. The molecular weight excluding hydrogens is 306 g/mol. The van der Waals surface area contributed by atoms with E-state index in [1.165, 1.54) is 5.56 Å². The van der Waals surface area contributed by atoms with Gasteiger partial charge in [-0.25, -0.2) is 9.67 Å². The van der Waals surface area contributed by atoms with E-state index in [2.05, 4.69) is 27.1 Å². The molecule has 1 saturated heterocycles. The van der Waals surface area contributed by atoms with Crippen LogP contribution in [0.25, 0.3) is 0 Å². The lowest BCUT2D eigenvalue weighted by Crippen LogP contribution is -2.39. The third-order valence-electron chi connectivity index (χ3n) is 4.46. The first kappa shape index (κ1) is 16.6. The van der Waals surface area contributed by atoms with Crippen LogP contribution in [0.5, 0.6) is 0 Å². The van der Waals surface area contributed by atoms with Crippen molar-refractivity contribution in [1.82, 2.24) is 19.7 Å². The number of rotatable bonds is 6. The van der Waals surface area contributed by atoms with Crippen LogP contribution in [0.2, 0.25) is 0 Å². The Morgan fingerprint density at radius 3 is 2.88 bits per heavy atom. The summed E-state index contributed by atoms with van der Waals surface area (Å²) in [5.41, 5.74) is 6.41. The van der Waals surface area contributed by atoms with Crippen LogP contribution < -0.4 is 5.73 Å². The maximum atomic E-state index is 11.2. The molecule has 0 spiro atoms. The summed E-state index contributed by atoms with van der Waals surface area (Å²) in [6, 6.07) is 10.4. The highest BCUT2D eigenvalue weighted by Gasteiger charge is 2.25. The summed E-state index contributed by atoms with van der Waals surface area (Å²) >= 11 is 0. The topological polar surface area (TPSA) is 86.3 Å². The van der Waals surface area contributed by atoms with Gasteiger partial charge < -0.3 is 10.5 Å². The minimum Gasteiger partial charge on any atom is -0.375 e. The van der Waals surface area contributed by atoms with Crippen molar-refractivity contribution in [2.24, 2.45) is 5.73 Å². The summed E-state index contributed by atoms with van der Waals surface area (Å²) < 4.78 is 7.44. The van der Waals surface area contributed by atoms with Crippen LogP contribution in [-0.4, -0.2) is 52.3 Å². The molecule has 7 heteroatoms. The molecule has 0 saturated carbocycles. The van der Waals surface area contributed by atoms with Gasteiger partial charge in [0.1, 0.15) is 6.33 Å². The molecule has 2 N–H and O–H groups in total. The minimum absolute atomic E-state index is 0.0434. The Bertz CT molecular complexity index is 673. The summed E-state index contributed by atoms with van der Waals surface area (Å²) in [4.78, 5) is 17.5. The van der Waals surface area contributed by atoms with Crippen molar-refractivity contribution < 1.29 is 9.53 Å². The number of primary amides is 1. The number of nitrogens with zero attached hydrogens (tertiary/aromatic N) is 4. The van der Waals surface area contributed by atoms with Crippen molar-refractivity contribution in [2.45, 2.75) is 25.0 Å². The number of likely N-dealkylation sites (tertiary alicyclic amines) is 1. The largest absolute Gasteiger partial charge is 0.375 e. The molecule has 7 nitrogen and oxygen atoms in total. The number of carbonyl (C=O) groups is 1. The van der Waals surface area contributed by atoms with Crippen LogP contribution in [0, 0.1) is 0 Å². The SMILES string of the molecule is COC(CN1CCCC(n2cnc(C(N)=O)n2)C1)c1ccccc1. The van der Waals surface area contributed by atoms with Gasteiger partial charge in [-0.3, -0.25) is 9.69 Å². The van der Waals surface area contributed by atoms with E-state index in [9.17, 15) is 4.79 Å². The van der Waals surface area contributed by atoms with E-state index in [0.29, 0.717) is 0 Å². The predicted octanol–water partition coefficient (Wildman–Crippen LogP) is 1.40. The number of hydrogen-bond donors (Lipinski definition) is 1. The van der Waals surface area contributed by atoms with E-state index in [1.807, 2.05) is 18.2 Å². The highest BCUT2D eigenvalue weighted by Crippen LogP contribution is 2.24. The van der Waals surface area contributed by atoms with Crippen LogP contribution in [0.15, 0.2) is 36.7 Å². The fraction of sp³-hybridized carbons (Fsp3) is 0.471. The Morgan fingerprint density at radius 2 is 2.21 bits per heavy atom. The van der Waals surface area contributed by atoms with Crippen molar-refractivity contribution in [3.05, 3.63) is 48.0 Å². The average Bonchev–Trinajstić information content (AvgIpc) is 3.11. The first-order chi connectivity index (χ1) is 11.7. The average molecular weight is 329 g/mol. The van der Waals surface area contributed by atoms with Gasteiger partial charge >= 0.3 is 0 Å². The zero-order chi connectivity index (χ0) is 16.9. The molecule has 1 aliphatic heterocycles. The van der Waals surface area contributed by atoms with Gasteiger partial charge in [0, 0.05) is 20.2 Å². The van der Waals surface area contributed by atoms with Gasteiger partial charge in [-0.2, -0.15) is 0 Å². The smallest absolute Gasteiger partial charge is 0.288 e. The number of piperidine rings is 1. The van der Waals surface area contributed by atoms with Crippen LogP contribution in [0.3, 0.4) is 0 Å². The maximum absolute atomic E-state index is 11.2. The van der Waals surface area contributed by atoms with E-state index >= 15 is 0 Å². The minimum atomic E-state index is -0.593. The van der Waals surface area contributed by atoms with Gasteiger partial charge in [0.2, 0.25) is 5.82 Å². The molecule has 0 bridgehead atoms. The van der Waals surface area contributed by atoms with E-state index in [1.54, 1.807) is 18.1 Å². The molecule has 24 heavy (non-hydrogen) atoms. The summed E-state index contributed by atoms with van der Waals surface area (Å²) in [7, 11) is 1.75. The molecule has 1 aromatic carbocycles. The Labute approximate surface area is 141 Å². The number of nitrogens with two attached hydrogens (primary N) is 1. The normalized spacial score (nSPS) is 20.0. The fourth-order valence-corrected chi connectivity index (χ4v) is 3.19. The first-order valence-corrected chi connectivity index (χ1v) is 8.18. The third kappa shape index (κ3) is 3.80. The van der Waals surface area contributed by atoms with Gasteiger partial charge in [-0.15, -0.1) is 5.10 Å². The van der Waals surface area contributed by atoms with Gasteiger partial charge in [0.25, 0.3) is 5.91 Å². The van der Waals surface area contributed by atoms with Gasteiger partial charge in [0.15, 0.2) is 0 Å². The Hall–Kier alpha value is -2.25. The summed E-state index contributed by atoms with van der Waals surface area (Å²) in [6.45, 7) is 2.71. The molecule has 1 aliphatic rings. The lowest BCUT2D eigenvalue weighted by atomic mass is 10.0. The summed E-state index contributed by atoms with van der Waals surface area (Å²) in [6.07, 6.45) is 3.73. The van der Waals surface area contributed by atoms with Crippen LogP contribution in [0.4, 0.5) is 0 Å². The van der Waals surface area contributed by atoms with Crippen molar-refractivity contribution in [3.8, 4) is 0 Å². The van der Waals surface area contributed by atoms with Gasteiger partial charge in [0.05, 0.1) is 12.1 Å². The fourth-order valence-electron chi connectivity index (χ4n) is 3.19. The molecule has 2 atom stereocenters. The Balaban J connectivity index is 1.65. The zero-order valence-corrected chi connectivity index (χ0v) is 13.8. The van der Waals surface area contributed by atoms with E-state index in [-0.39, 0.29) is 18.0 Å². The van der Waals surface area contributed by atoms with Crippen LogP contribution >= 0.6 is 0 Å². The van der Waals surface area contributed by atoms with Gasteiger partial charge in [-0.1, -0.05) is 30.3 Å². The molecule has 1 aromatic heterocycles. The van der Waals surface area contributed by atoms with E-state index < -0.39 is 5.91 Å². The lowest BCUT2D eigenvalue weighted by molar-refractivity contribution is 0.0474. The second-order valence-electron chi connectivity index (χ2n) is 6.10. The summed E-state index contributed by atoms with van der Waals surface area (Å²) in [5.74, 6) is -0.517. The molecule has 2 unspecified atom stereocenters. The number of ether oxygens (including phenoxy) is 1. The number of carbonyl (C=O) groups excluding carboxylic acids is 1. The molecule has 1 fully saturated rings. The number of benzene rings is 1. The van der Waals surface area contributed by atoms with E-state index in [0.717, 1.165) is 32.5 Å². The third-order valence-corrected chi connectivity index (χ3v) is 4.46. The molecule has 3 rings (SSSR count). The van der Waals surface area contributed by atoms with Gasteiger partial charge in [-0.05, 0) is 24.9 Å². The standard InChI is InChI=1S/C17H23N5O2/c1-24-15(13-6-3-2-4-7-13)11-21-9-5-8-14(10-21)22-12-19-17(20-22)16(18)23/h2-4,6-7,12,14-15H,5,8-11H2,1H3,(H2,18,23). The quantitative estimate of drug-likeness (QED) is 0.866. The number of hydrogen-bond acceptors (Lipinski definition) is 5. The lowest BCUT2D eigenvalue weighted by Gasteiger charge is -2.34. The molecular formula is C17H23N5O2. The highest BCUT2D eigenvalue weighted by atomic mass is 16.5. The Morgan fingerprint density at radius 1 is 1.42 bits per heavy atom. The zero-order valence-electron chi connectivity index (χ0n) is 13.8.